The largest absolute Gasteiger partial charge is 0.493 e. The summed E-state index contributed by atoms with van der Waals surface area (Å²) in [5.74, 6) is 2.39. The Hall–Kier alpha value is -2.62. The fourth-order valence-corrected chi connectivity index (χ4v) is 2.82. The molecule has 0 fully saturated rings. The molecule has 4 heteroatoms. The van der Waals surface area contributed by atoms with Gasteiger partial charge < -0.3 is 19.1 Å². The Kier molecular flexibility index (Phi) is 8.05. The minimum atomic E-state index is 0.711. The maximum absolute atomic E-state index is 5.98. The molecule has 1 aliphatic rings. The summed E-state index contributed by atoms with van der Waals surface area (Å²) in [6.07, 6.45) is 12.6. The lowest BCUT2D eigenvalue weighted by atomic mass is 10.1. The molecule has 0 spiro atoms. The topological polar surface area (TPSA) is 30.9 Å². The molecule has 0 aromatic heterocycles. The van der Waals surface area contributed by atoms with Crippen molar-refractivity contribution in [3.8, 4) is 11.5 Å². The molecule has 0 N–H and O–H groups in total. The molecule has 27 heavy (non-hydrogen) atoms. The molecule has 0 aliphatic heterocycles. The van der Waals surface area contributed by atoms with Crippen LogP contribution < -0.4 is 9.47 Å². The van der Waals surface area contributed by atoms with E-state index in [4.69, 9.17) is 14.2 Å². The van der Waals surface area contributed by atoms with E-state index in [-0.39, 0.29) is 0 Å². The predicted octanol–water partition coefficient (Wildman–Crippen LogP) is 5.54. The van der Waals surface area contributed by atoms with Crippen molar-refractivity contribution in [3.63, 3.8) is 0 Å². The van der Waals surface area contributed by atoms with Gasteiger partial charge in [-0.05, 0) is 49.1 Å². The first-order valence-electron chi connectivity index (χ1n) is 9.47. The van der Waals surface area contributed by atoms with E-state index in [0.717, 1.165) is 60.8 Å². The highest BCUT2D eigenvalue weighted by Crippen LogP contribution is 2.29. The Bertz CT molecular complexity index is 731. The van der Waals surface area contributed by atoms with Crippen molar-refractivity contribution in [3.05, 3.63) is 65.7 Å². The van der Waals surface area contributed by atoms with Gasteiger partial charge >= 0.3 is 0 Å². The zero-order valence-electron chi connectivity index (χ0n) is 17.0. The molecule has 0 bridgehead atoms. The molecular weight excluding hydrogens is 338 g/mol. The summed E-state index contributed by atoms with van der Waals surface area (Å²) < 4.78 is 16.6. The Balaban J connectivity index is 2.07. The Morgan fingerprint density at radius 3 is 2.59 bits per heavy atom. The number of nitrogens with zero attached hydrogens (tertiary/aromatic N) is 1. The van der Waals surface area contributed by atoms with Gasteiger partial charge in [-0.2, -0.15) is 0 Å². The van der Waals surface area contributed by atoms with Crippen LogP contribution in [0.25, 0.3) is 6.08 Å². The molecule has 0 amide bonds. The van der Waals surface area contributed by atoms with E-state index >= 15 is 0 Å². The first-order chi connectivity index (χ1) is 13.1. The maximum Gasteiger partial charge on any atom is 0.161 e. The second kappa shape index (κ2) is 10.5. The number of rotatable bonds is 10. The second-order valence-electron chi connectivity index (χ2n) is 6.44. The van der Waals surface area contributed by atoms with E-state index in [2.05, 4.69) is 30.6 Å². The quantitative estimate of drug-likeness (QED) is 0.400. The van der Waals surface area contributed by atoms with E-state index in [9.17, 15) is 0 Å². The van der Waals surface area contributed by atoms with E-state index in [1.807, 2.05) is 37.4 Å². The van der Waals surface area contributed by atoms with Crippen LogP contribution in [0.3, 0.4) is 0 Å². The summed E-state index contributed by atoms with van der Waals surface area (Å²) in [5.41, 5.74) is 3.00. The number of allylic oxidation sites excluding steroid dienone is 3. The fraction of sp³-hybridized carbons (Fsp3) is 0.391. The molecule has 0 saturated carbocycles. The van der Waals surface area contributed by atoms with Gasteiger partial charge in [-0.15, -0.1) is 0 Å². The summed E-state index contributed by atoms with van der Waals surface area (Å²) in [6, 6.07) is 5.84. The summed E-state index contributed by atoms with van der Waals surface area (Å²) in [5, 5.41) is 0. The van der Waals surface area contributed by atoms with Gasteiger partial charge in [0.25, 0.3) is 0 Å². The van der Waals surface area contributed by atoms with Crippen molar-refractivity contribution < 1.29 is 14.2 Å². The third-order valence-electron chi connectivity index (χ3n) is 4.51. The van der Waals surface area contributed by atoms with Crippen molar-refractivity contribution >= 4 is 6.08 Å². The molecule has 0 unspecified atom stereocenters. The third-order valence-corrected chi connectivity index (χ3v) is 4.51. The predicted molar refractivity (Wildman–Crippen MR) is 112 cm³/mol. The summed E-state index contributed by atoms with van der Waals surface area (Å²) in [6.45, 7) is 7.13. The number of ether oxygens (including phenoxy) is 3. The fourth-order valence-electron chi connectivity index (χ4n) is 2.82. The lowest BCUT2D eigenvalue weighted by Gasteiger charge is -2.27. The Morgan fingerprint density at radius 1 is 1.15 bits per heavy atom. The van der Waals surface area contributed by atoms with Crippen LogP contribution in [0.2, 0.25) is 0 Å². The standard InChI is InChI=1S/C23H31NO3/c1-6-7-16-27-21-11-9-8-10-20(21)24(3)18(2)12-13-19-14-15-22(25-4)23(17-19)26-5/h10-15,17H,2,6-9,16H2,1,3-5H3/b13-12+. The molecule has 4 nitrogen and oxygen atoms in total. The molecule has 1 aromatic carbocycles. The zero-order valence-corrected chi connectivity index (χ0v) is 17.0. The highest BCUT2D eigenvalue weighted by molar-refractivity contribution is 5.58. The smallest absolute Gasteiger partial charge is 0.161 e. The summed E-state index contributed by atoms with van der Waals surface area (Å²) in [7, 11) is 5.30. The average Bonchev–Trinajstić information content (AvgIpc) is 2.71. The average molecular weight is 370 g/mol. The monoisotopic (exact) mass is 369 g/mol. The second-order valence-corrected chi connectivity index (χ2v) is 6.44. The molecule has 0 radical (unpaired) electrons. The van der Waals surface area contributed by atoms with Crippen LogP contribution in [0.1, 0.15) is 38.2 Å². The van der Waals surface area contributed by atoms with Crippen LogP contribution >= 0.6 is 0 Å². The van der Waals surface area contributed by atoms with Crippen LogP contribution in [0.5, 0.6) is 11.5 Å². The third kappa shape index (κ3) is 5.68. The van der Waals surface area contributed by atoms with Crippen molar-refractivity contribution in [2.45, 2.75) is 32.6 Å². The normalized spacial score (nSPS) is 13.8. The lowest BCUT2D eigenvalue weighted by Crippen LogP contribution is -2.19. The first-order valence-corrected chi connectivity index (χ1v) is 9.47. The van der Waals surface area contributed by atoms with E-state index in [1.165, 1.54) is 0 Å². The number of hydrogen-bond acceptors (Lipinski definition) is 4. The zero-order chi connectivity index (χ0) is 19.6. The van der Waals surface area contributed by atoms with Crippen molar-refractivity contribution in [1.29, 1.82) is 0 Å². The number of hydrogen-bond donors (Lipinski definition) is 0. The van der Waals surface area contributed by atoms with Gasteiger partial charge in [0, 0.05) is 12.7 Å². The van der Waals surface area contributed by atoms with Crippen LogP contribution in [0.4, 0.5) is 0 Å². The minimum absolute atomic E-state index is 0.711. The van der Waals surface area contributed by atoms with Gasteiger partial charge in [-0.25, -0.2) is 0 Å². The van der Waals surface area contributed by atoms with Crippen LogP contribution in [0.15, 0.2) is 60.2 Å². The van der Waals surface area contributed by atoms with Gasteiger partial charge in [0.1, 0.15) is 5.76 Å². The highest BCUT2D eigenvalue weighted by Gasteiger charge is 2.15. The number of unbranched alkanes of at least 4 members (excludes halogenated alkanes) is 1. The van der Waals surface area contributed by atoms with Gasteiger partial charge in [0.05, 0.1) is 26.5 Å². The molecular formula is C23H31NO3. The molecule has 0 saturated heterocycles. The van der Waals surface area contributed by atoms with E-state index < -0.39 is 0 Å². The van der Waals surface area contributed by atoms with Crippen LogP contribution in [-0.2, 0) is 4.74 Å². The Morgan fingerprint density at radius 2 is 1.89 bits per heavy atom. The molecule has 1 aromatic rings. The summed E-state index contributed by atoms with van der Waals surface area (Å²) >= 11 is 0. The van der Waals surface area contributed by atoms with E-state index in [1.54, 1.807) is 14.2 Å². The van der Waals surface area contributed by atoms with Crippen molar-refractivity contribution in [1.82, 2.24) is 4.90 Å². The molecule has 1 aliphatic carbocycles. The first kappa shape index (κ1) is 20.7. The van der Waals surface area contributed by atoms with Crippen molar-refractivity contribution in [2.75, 3.05) is 27.9 Å². The van der Waals surface area contributed by atoms with Gasteiger partial charge in [-0.1, -0.05) is 38.1 Å². The lowest BCUT2D eigenvalue weighted by molar-refractivity contribution is 0.201. The molecule has 0 heterocycles. The molecule has 0 atom stereocenters. The minimum Gasteiger partial charge on any atom is -0.493 e. The number of likely N-dealkylation sites (N-methyl/N-ethyl adjacent to an activating group) is 1. The van der Waals surface area contributed by atoms with Crippen LogP contribution in [-0.4, -0.2) is 32.8 Å². The van der Waals surface area contributed by atoms with Gasteiger partial charge in [0.2, 0.25) is 0 Å². The summed E-state index contributed by atoms with van der Waals surface area (Å²) in [4.78, 5) is 2.08. The number of benzene rings is 1. The van der Waals surface area contributed by atoms with Gasteiger partial charge in [0.15, 0.2) is 11.5 Å². The van der Waals surface area contributed by atoms with Crippen molar-refractivity contribution in [2.24, 2.45) is 0 Å². The van der Waals surface area contributed by atoms with Gasteiger partial charge in [-0.3, -0.25) is 0 Å². The Labute approximate surface area is 163 Å². The number of methoxy groups -OCH3 is 2. The molecule has 2 rings (SSSR count). The van der Waals surface area contributed by atoms with E-state index in [0.29, 0.717) is 5.75 Å². The highest BCUT2D eigenvalue weighted by atomic mass is 16.5. The SMILES string of the molecule is C=C(/C=C/c1ccc(OC)c(OC)c1)N(C)C1=CCCC=C1OCCCC. The van der Waals surface area contributed by atoms with Crippen LogP contribution in [0, 0.1) is 0 Å². The maximum atomic E-state index is 5.98. The molecule has 146 valence electrons.